The Morgan fingerprint density at radius 2 is 2.42 bits per heavy atom. The van der Waals surface area contributed by atoms with E-state index in [1.54, 1.807) is 6.20 Å². The largest absolute Gasteiger partial charge is 0.396 e. The molecule has 0 amide bonds. The second-order valence-electron chi connectivity index (χ2n) is 2.88. The van der Waals surface area contributed by atoms with E-state index in [1.165, 1.54) is 5.57 Å². The van der Waals surface area contributed by atoms with Crippen molar-refractivity contribution >= 4 is 6.21 Å². The summed E-state index contributed by atoms with van der Waals surface area (Å²) in [6.45, 7) is 1.69. The van der Waals surface area contributed by atoms with E-state index in [0.29, 0.717) is 0 Å². The van der Waals surface area contributed by atoms with Crippen LogP contribution in [0.3, 0.4) is 0 Å². The molecule has 0 aromatic rings. The minimum Gasteiger partial charge on any atom is -0.396 e. The Morgan fingerprint density at radius 3 is 3.33 bits per heavy atom. The molecule has 0 atom stereocenters. The summed E-state index contributed by atoms with van der Waals surface area (Å²) in [5.41, 5.74) is 8.87. The Hall–Kier alpha value is -1.29. The summed E-state index contributed by atoms with van der Waals surface area (Å²) in [7, 11) is 0. The second-order valence-corrected chi connectivity index (χ2v) is 2.88. The van der Waals surface area contributed by atoms with E-state index >= 15 is 0 Å². The average Bonchev–Trinajstić information content (AvgIpc) is 2.29. The van der Waals surface area contributed by atoms with Crippen molar-refractivity contribution in [1.82, 2.24) is 10.6 Å². The van der Waals surface area contributed by atoms with Gasteiger partial charge in [0.1, 0.15) is 0 Å². The minimum absolute atomic E-state index is 0.736. The van der Waals surface area contributed by atoms with Gasteiger partial charge in [0.2, 0.25) is 0 Å². The summed E-state index contributed by atoms with van der Waals surface area (Å²) in [4.78, 5) is 4.05. The summed E-state index contributed by atoms with van der Waals surface area (Å²) in [5.74, 6) is 0. The lowest BCUT2D eigenvalue weighted by Gasteiger charge is -2.21. The van der Waals surface area contributed by atoms with Crippen LogP contribution in [0.5, 0.6) is 0 Å². The van der Waals surface area contributed by atoms with Gasteiger partial charge in [-0.3, -0.25) is 10.3 Å². The summed E-state index contributed by atoms with van der Waals surface area (Å²) in [5, 5.41) is 6.42. The summed E-state index contributed by atoms with van der Waals surface area (Å²) >= 11 is 0. The maximum Gasteiger partial charge on any atom is 0.0736 e. The SMILES string of the molecule is NC1=CN=CCC2=C1NCNC2. The third-order valence-corrected chi connectivity index (χ3v) is 2.03. The summed E-state index contributed by atoms with van der Waals surface area (Å²) in [6, 6.07) is 0. The molecule has 0 unspecified atom stereocenters. The van der Waals surface area contributed by atoms with Gasteiger partial charge < -0.3 is 11.1 Å². The van der Waals surface area contributed by atoms with Crippen molar-refractivity contribution < 1.29 is 0 Å². The van der Waals surface area contributed by atoms with E-state index in [-0.39, 0.29) is 0 Å². The standard InChI is InChI=1S/C8H12N4/c9-7-4-10-2-1-6-3-11-5-12-8(6)7/h2,4,11-12H,1,3,5,9H2. The quantitative estimate of drug-likeness (QED) is 0.459. The Morgan fingerprint density at radius 1 is 1.50 bits per heavy atom. The third kappa shape index (κ3) is 1.21. The van der Waals surface area contributed by atoms with E-state index in [1.807, 2.05) is 6.21 Å². The predicted octanol–water partition coefficient (Wildman–Crippen LogP) is -0.335. The smallest absolute Gasteiger partial charge is 0.0736 e. The number of aliphatic imine (C=N–C) groups is 1. The fourth-order valence-corrected chi connectivity index (χ4v) is 1.42. The summed E-state index contributed by atoms with van der Waals surface area (Å²) < 4.78 is 0. The molecule has 4 heteroatoms. The number of hydrogen-bond donors (Lipinski definition) is 3. The van der Waals surface area contributed by atoms with Crippen LogP contribution < -0.4 is 16.4 Å². The number of nitrogens with two attached hydrogens (primary N) is 1. The van der Waals surface area contributed by atoms with Crippen molar-refractivity contribution in [1.29, 1.82) is 0 Å². The molecule has 0 radical (unpaired) electrons. The van der Waals surface area contributed by atoms with Crippen LogP contribution in [0, 0.1) is 0 Å². The van der Waals surface area contributed by atoms with Crippen LogP contribution in [0.2, 0.25) is 0 Å². The van der Waals surface area contributed by atoms with Crippen molar-refractivity contribution in [3.05, 3.63) is 23.2 Å². The third-order valence-electron chi connectivity index (χ3n) is 2.03. The van der Waals surface area contributed by atoms with Gasteiger partial charge in [-0.1, -0.05) is 0 Å². The zero-order chi connectivity index (χ0) is 8.39. The molecule has 2 rings (SSSR count). The molecule has 0 aromatic carbocycles. The number of nitrogens with one attached hydrogen (secondary N) is 2. The Balaban J connectivity index is 2.35. The van der Waals surface area contributed by atoms with Crippen LogP contribution in [0.25, 0.3) is 0 Å². The first-order chi connectivity index (χ1) is 5.88. The van der Waals surface area contributed by atoms with Gasteiger partial charge in [0, 0.05) is 19.2 Å². The molecule has 64 valence electrons. The van der Waals surface area contributed by atoms with Crippen molar-refractivity contribution in [2.24, 2.45) is 10.7 Å². The van der Waals surface area contributed by atoms with E-state index in [4.69, 9.17) is 5.73 Å². The maximum atomic E-state index is 5.79. The first-order valence-electron chi connectivity index (χ1n) is 4.02. The molecule has 0 fully saturated rings. The van der Waals surface area contributed by atoms with Gasteiger partial charge in [0.25, 0.3) is 0 Å². The Bertz CT molecular complexity index is 275. The number of hydrogen-bond acceptors (Lipinski definition) is 4. The zero-order valence-corrected chi connectivity index (χ0v) is 6.80. The predicted molar refractivity (Wildman–Crippen MR) is 48.4 cm³/mol. The lowest BCUT2D eigenvalue weighted by molar-refractivity contribution is 0.616. The van der Waals surface area contributed by atoms with Crippen LogP contribution in [0.15, 0.2) is 28.2 Å². The van der Waals surface area contributed by atoms with Crippen LogP contribution in [0.1, 0.15) is 6.42 Å². The van der Waals surface area contributed by atoms with E-state index in [0.717, 1.165) is 31.0 Å². The summed E-state index contributed by atoms with van der Waals surface area (Å²) in [6.07, 6.45) is 4.46. The van der Waals surface area contributed by atoms with Crippen molar-refractivity contribution in [3.8, 4) is 0 Å². The van der Waals surface area contributed by atoms with Crippen LogP contribution in [-0.2, 0) is 0 Å². The van der Waals surface area contributed by atoms with E-state index in [2.05, 4.69) is 15.6 Å². The monoisotopic (exact) mass is 164 g/mol. The molecular weight excluding hydrogens is 152 g/mol. The van der Waals surface area contributed by atoms with Gasteiger partial charge in [0.05, 0.1) is 24.3 Å². The molecule has 0 saturated carbocycles. The number of nitrogens with zero attached hydrogens (tertiary/aromatic N) is 1. The molecule has 0 aromatic heterocycles. The molecule has 2 aliphatic rings. The second kappa shape index (κ2) is 2.98. The molecule has 4 nitrogen and oxygen atoms in total. The van der Waals surface area contributed by atoms with Crippen molar-refractivity contribution in [2.45, 2.75) is 6.42 Å². The van der Waals surface area contributed by atoms with Gasteiger partial charge in [-0.25, -0.2) is 0 Å². The van der Waals surface area contributed by atoms with Gasteiger partial charge in [-0.15, -0.1) is 0 Å². The van der Waals surface area contributed by atoms with Crippen molar-refractivity contribution in [2.75, 3.05) is 13.2 Å². The van der Waals surface area contributed by atoms with Gasteiger partial charge in [-0.2, -0.15) is 0 Å². The molecule has 0 saturated heterocycles. The molecule has 4 N–H and O–H groups in total. The lowest BCUT2D eigenvalue weighted by Crippen LogP contribution is -2.38. The molecule has 2 aliphatic heterocycles. The topological polar surface area (TPSA) is 62.4 Å². The van der Waals surface area contributed by atoms with Gasteiger partial charge >= 0.3 is 0 Å². The Kier molecular flexibility index (Phi) is 1.83. The van der Waals surface area contributed by atoms with E-state index < -0.39 is 0 Å². The first kappa shape index (κ1) is 7.36. The zero-order valence-electron chi connectivity index (χ0n) is 6.80. The minimum atomic E-state index is 0.736. The molecule has 0 bridgehead atoms. The highest BCUT2D eigenvalue weighted by Crippen LogP contribution is 2.14. The highest BCUT2D eigenvalue weighted by Gasteiger charge is 2.13. The highest BCUT2D eigenvalue weighted by molar-refractivity contribution is 5.65. The highest BCUT2D eigenvalue weighted by atomic mass is 15.1. The van der Waals surface area contributed by atoms with Crippen LogP contribution in [0.4, 0.5) is 0 Å². The van der Waals surface area contributed by atoms with Crippen LogP contribution >= 0.6 is 0 Å². The van der Waals surface area contributed by atoms with Crippen LogP contribution in [-0.4, -0.2) is 19.4 Å². The van der Waals surface area contributed by atoms with Gasteiger partial charge in [0.15, 0.2) is 0 Å². The normalized spacial score (nSPS) is 22.5. The van der Waals surface area contributed by atoms with Gasteiger partial charge in [-0.05, 0) is 5.57 Å². The Labute approximate surface area is 71.2 Å². The molecule has 12 heavy (non-hydrogen) atoms. The molecule has 2 heterocycles. The number of rotatable bonds is 0. The molecule has 0 spiro atoms. The van der Waals surface area contributed by atoms with Crippen molar-refractivity contribution in [3.63, 3.8) is 0 Å². The lowest BCUT2D eigenvalue weighted by atomic mass is 10.1. The van der Waals surface area contributed by atoms with E-state index in [9.17, 15) is 0 Å². The fourth-order valence-electron chi connectivity index (χ4n) is 1.42. The first-order valence-corrected chi connectivity index (χ1v) is 4.02. The average molecular weight is 164 g/mol. The maximum absolute atomic E-state index is 5.79. The molecular formula is C8H12N4. The fraction of sp³-hybridized carbons (Fsp3) is 0.375. The molecule has 0 aliphatic carbocycles.